The number of hydrogen-bond acceptors (Lipinski definition) is 4. The maximum absolute atomic E-state index is 12.9. The summed E-state index contributed by atoms with van der Waals surface area (Å²) in [7, 11) is 0. The van der Waals surface area contributed by atoms with Crippen molar-refractivity contribution in [3.8, 4) is 11.6 Å². The van der Waals surface area contributed by atoms with Gasteiger partial charge in [-0.1, -0.05) is 12.1 Å². The fourth-order valence-electron chi connectivity index (χ4n) is 2.95. The van der Waals surface area contributed by atoms with Gasteiger partial charge in [-0.2, -0.15) is 0 Å². The Morgan fingerprint density at radius 2 is 2.04 bits per heavy atom. The molecule has 0 bridgehead atoms. The van der Waals surface area contributed by atoms with Crippen LogP contribution in [0, 0.1) is 5.82 Å². The minimum atomic E-state index is -0.336. The van der Waals surface area contributed by atoms with E-state index in [4.69, 9.17) is 4.42 Å². The van der Waals surface area contributed by atoms with Gasteiger partial charge in [-0.3, -0.25) is 9.36 Å². The van der Waals surface area contributed by atoms with Crippen molar-refractivity contribution < 1.29 is 13.6 Å². The monoisotopic (exact) mass is 370 g/mol. The highest BCUT2D eigenvalue weighted by atomic mass is 19.1. The number of carbonyl (C=O) groups excluding carboxylic acids is 1. The molecule has 140 valence electrons. The van der Waals surface area contributed by atoms with E-state index in [0.29, 0.717) is 11.6 Å². The average Bonchev–Trinajstić information content (AvgIpc) is 3.22. The summed E-state index contributed by atoms with van der Waals surface area (Å²) in [6, 6.07) is 9.49. The molecule has 0 saturated heterocycles. The Balaban J connectivity index is 1.40. The van der Waals surface area contributed by atoms with Crippen LogP contribution in [0.3, 0.4) is 0 Å². The molecular weight excluding hydrogens is 351 g/mol. The minimum Gasteiger partial charge on any atom is -0.461 e. The van der Waals surface area contributed by atoms with Crippen molar-refractivity contribution in [2.24, 2.45) is 0 Å². The van der Waals surface area contributed by atoms with E-state index in [9.17, 15) is 14.0 Å². The zero-order valence-electron chi connectivity index (χ0n) is 14.6. The zero-order valence-corrected chi connectivity index (χ0v) is 14.6. The van der Waals surface area contributed by atoms with Gasteiger partial charge in [-0.25, -0.2) is 13.9 Å². The lowest BCUT2D eigenvalue weighted by molar-refractivity contribution is -0.120. The number of aromatic nitrogens is 3. The largest absolute Gasteiger partial charge is 0.461 e. The number of benzene rings is 1. The first-order valence-corrected chi connectivity index (χ1v) is 8.86. The van der Waals surface area contributed by atoms with Gasteiger partial charge in [0.05, 0.1) is 19.2 Å². The van der Waals surface area contributed by atoms with Gasteiger partial charge in [0.15, 0.2) is 5.76 Å². The first-order valence-electron chi connectivity index (χ1n) is 8.86. The van der Waals surface area contributed by atoms with Gasteiger partial charge in [-0.15, -0.1) is 5.10 Å². The zero-order chi connectivity index (χ0) is 18.8. The number of rotatable bonds is 7. The predicted molar refractivity (Wildman–Crippen MR) is 95.6 cm³/mol. The fraction of sp³-hybridized carbons (Fsp3) is 0.316. The van der Waals surface area contributed by atoms with E-state index in [1.807, 2.05) is 0 Å². The summed E-state index contributed by atoms with van der Waals surface area (Å²) < 4.78 is 21.3. The lowest BCUT2D eigenvalue weighted by atomic mass is 10.1. The molecule has 1 aliphatic rings. The predicted octanol–water partition coefficient (Wildman–Crippen LogP) is 2.14. The van der Waals surface area contributed by atoms with E-state index in [1.54, 1.807) is 35.1 Å². The average molecular weight is 370 g/mol. The number of amides is 1. The molecule has 1 saturated carbocycles. The Kier molecular flexibility index (Phi) is 4.62. The lowest BCUT2D eigenvalue weighted by Gasteiger charge is -2.05. The van der Waals surface area contributed by atoms with Gasteiger partial charge >= 0.3 is 5.69 Å². The van der Waals surface area contributed by atoms with Crippen LogP contribution in [0.4, 0.5) is 4.39 Å². The normalized spacial score (nSPS) is 13.7. The lowest BCUT2D eigenvalue weighted by Crippen LogP contribution is -2.32. The number of nitrogens with one attached hydrogen (secondary N) is 1. The quantitative estimate of drug-likeness (QED) is 0.691. The van der Waals surface area contributed by atoms with E-state index in [0.717, 1.165) is 18.4 Å². The van der Waals surface area contributed by atoms with Gasteiger partial charge in [0.2, 0.25) is 11.7 Å². The summed E-state index contributed by atoms with van der Waals surface area (Å²) in [5, 5.41) is 7.15. The molecule has 4 rings (SSSR count). The third kappa shape index (κ3) is 3.84. The van der Waals surface area contributed by atoms with Crippen LogP contribution in [-0.2, 0) is 17.8 Å². The minimum absolute atomic E-state index is 0.156. The van der Waals surface area contributed by atoms with Crippen molar-refractivity contribution in [3.05, 3.63) is 64.5 Å². The molecule has 8 heteroatoms. The van der Waals surface area contributed by atoms with E-state index < -0.39 is 0 Å². The van der Waals surface area contributed by atoms with Crippen molar-refractivity contribution in [3.63, 3.8) is 0 Å². The van der Waals surface area contributed by atoms with Crippen molar-refractivity contribution in [1.82, 2.24) is 19.7 Å². The first kappa shape index (κ1) is 17.3. The van der Waals surface area contributed by atoms with Crippen LogP contribution in [0.25, 0.3) is 11.6 Å². The van der Waals surface area contributed by atoms with Crippen molar-refractivity contribution >= 4 is 5.91 Å². The second-order valence-electron chi connectivity index (χ2n) is 6.56. The van der Waals surface area contributed by atoms with Crippen molar-refractivity contribution in [1.29, 1.82) is 0 Å². The Morgan fingerprint density at radius 1 is 1.26 bits per heavy atom. The molecule has 7 nitrogen and oxygen atoms in total. The Bertz CT molecular complexity index is 985. The molecule has 2 aromatic heterocycles. The van der Waals surface area contributed by atoms with E-state index in [-0.39, 0.29) is 43.0 Å². The molecule has 1 N–H and O–H groups in total. The fourth-order valence-corrected chi connectivity index (χ4v) is 2.95. The Labute approximate surface area is 154 Å². The molecule has 1 aliphatic carbocycles. The molecule has 1 aromatic carbocycles. The molecule has 0 radical (unpaired) electrons. The number of furan rings is 1. The highest BCUT2D eigenvalue weighted by Crippen LogP contribution is 2.36. The molecule has 27 heavy (non-hydrogen) atoms. The van der Waals surface area contributed by atoms with Crippen LogP contribution in [0.2, 0.25) is 0 Å². The highest BCUT2D eigenvalue weighted by molar-refractivity contribution is 5.78. The van der Waals surface area contributed by atoms with Crippen LogP contribution in [-0.4, -0.2) is 26.8 Å². The van der Waals surface area contributed by atoms with Gasteiger partial charge in [0.25, 0.3) is 0 Å². The molecule has 0 atom stereocenters. The SMILES string of the molecule is O=C(Cc1ccc(F)cc1)NCCn1nc(-c2ccco2)n(C2CC2)c1=O. The molecule has 0 aliphatic heterocycles. The van der Waals surface area contributed by atoms with E-state index in [1.165, 1.54) is 16.8 Å². The smallest absolute Gasteiger partial charge is 0.346 e. The maximum Gasteiger partial charge on any atom is 0.346 e. The third-order valence-corrected chi connectivity index (χ3v) is 4.45. The van der Waals surface area contributed by atoms with Gasteiger partial charge < -0.3 is 9.73 Å². The summed E-state index contributed by atoms with van der Waals surface area (Å²) in [4.78, 5) is 24.7. The van der Waals surface area contributed by atoms with Crippen LogP contribution in [0.1, 0.15) is 24.4 Å². The number of carbonyl (C=O) groups is 1. The van der Waals surface area contributed by atoms with Crippen LogP contribution < -0.4 is 11.0 Å². The standard InChI is InChI=1S/C19H19FN4O3/c20-14-5-3-13(4-6-14)12-17(25)21-9-10-23-19(26)24(15-7-8-15)18(22-23)16-2-1-11-27-16/h1-6,11,15H,7-10,12H2,(H,21,25). The first-order chi connectivity index (χ1) is 13.1. The van der Waals surface area contributed by atoms with E-state index >= 15 is 0 Å². The van der Waals surface area contributed by atoms with Crippen LogP contribution in [0.5, 0.6) is 0 Å². The second-order valence-corrected chi connectivity index (χ2v) is 6.56. The summed E-state index contributed by atoms with van der Waals surface area (Å²) in [5.74, 6) is 0.544. The summed E-state index contributed by atoms with van der Waals surface area (Å²) >= 11 is 0. The molecule has 1 amide bonds. The number of halogens is 1. The number of nitrogens with zero attached hydrogens (tertiary/aromatic N) is 3. The van der Waals surface area contributed by atoms with Crippen LogP contribution in [0.15, 0.2) is 51.9 Å². The molecule has 2 heterocycles. The van der Waals surface area contributed by atoms with Gasteiger partial charge in [0, 0.05) is 12.6 Å². The summed E-state index contributed by atoms with van der Waals surface area (Å²) in [6.45, 7) is 0.542. The molecule has 0 unspecified atom stereocenters. The molecule has 0 spiro atoms. The third-order valence-electron chi connectivity index (χ3n) is 4.45. The van der Waals surface area contributed by atoms with Crippen LogP contribution >= 0.6 is 0 Å². The Hall–Kier alpha value is -3.16. The van der Waals surface area contributed by atoms with Gasteiger partial charge in [-0.05, 0) is 42.7 Å². The van der Waals surface area contributed by atoms with Crippen molar-refractivity contribution in [2.45, 2.75) is 31.8 Å². The molecule has 3 aromatic rings. The van der Waals surface area contributed by atoms with Crippen molar-refractivity contribution in [2.75, 3.05) is 6.54 Å². The second kappa shape index (κ2) is 7.22. The summed E-state index contributed by atoms with van der Waals surface area (Å²) in [6.07, 6.45) is 3.61. The number of hydrogen-bond donors (Lipinski definition) is 1. The van der Waals surface area contributed by atoms with E-state index in [2.05, 4.69) is 10.4 Å². The topological polar surface area (TPSA) is 82.1 Å². The highest BCUT2D eigenvalue weighted by Gasteiger charge is 2.31. The van der Waals surface area contributed by atoms with Gasteiger partial charge in [0.1, 0.15) is 5.82 Å². The maximum atomic E-state index is 12.9. The molecule has 1 fully saturated rings. The molecular formula is C19H19FN4O3. The Morgan fingerprint density at radius 3 is 2.70 bits per heavy atom. The summed E-state index contributed by atoms with van der Waals surface area (Å²) in [5.41, 5.74) is 0.529.